The Morgan fingerprint density at radius 1 is 0.681 bits per heavy atom. The van der Waals surface area contributed by atoms with Crippen molar-refractivity contribution < 1.29 is 108 Å². The zero-order valence-corrected chi connectivity index (χ0v) is 25.2. The van der Waals surface area contributed by atoms with Crippen molar-refractivity contribution in [2.45, 2.75) is 54.8 Å². The molecule has 0 amide bonds. The molecule has 0 aromatic rings. The van der Waals surface area contributed by atoms with Gasteiger partial charge >= 0.3 is 31.7 Å². The Kier molecular flexibility index (Phi) is 17.1. The first-order valence-corrected chi connectivity index (χ1v) is 14.8. The minimum atomic E-state index is -5.24. The highest BCUT2D eigenvalue weighted by Crippen LogP contribution is 2.46. The van der Waals surface area contributed by atoms with E-state index in [-0.39, 0.29) is 13.1 Å². The van der Waals surface area contributed by atoms with Crippen LogP contribution in [0.15, 0.2) is 0 Å². The molecule has 25 heteroatoms. The molecule has 47 heavy (non-hydrogen) atoms. The molecule has 0 radical (unpaired) electrons. The average molecular weight is 715 g/mol. The highest BCUT2D eigenvalue weighted by atomic mass is 31.2. The van der Waals surface area contributed by atoms with Gasteiger partial charge in [-0.3, -0.25) is 33.5 Å². The van der Waals surface area contributed by atoms with E-state index < -0.39 is 133 Å². The molecule has 0 aromatic heterocycles. The highest BCUT2D eigenvalue weighted by Gasteiger charge is 2.61. The first-order valence-electron chi connectivity index (χ1n) is 13.3. The average Bonchev–Trinajstić information content (AvgIpc) is 3.20. The van der Waals surface area contributed by atoms with Gasteiger partial charge in [0.25, 0.3) is 0 Å². The van der Waals surface area contributed by atoms with Crippen LogP contribution in [0.4, 0.5) is 0 Å². The van der Waals surface area contributed by atoms with Crippen LogP contribution in [-0.4, -0.2) is 214 Å². The number of carboxylic acids is 4. The van der Waals surface area contributed by atoms with E-state index in [1.165, 1.54) is 0 Å². The van der Waals surface area contributed by atoms with Crippen molar-refractivity contribution in [1.82, 2.24) is 9.80 Å². The van der Waals surface area contributed by atoms with Crippen molar-refractivity contribution in [2.75, 3.05) is 59.1 Å². The molecular formula is C22H39N2O22P. The van der Waals surface area contributed by atoms with Gasteiger partial charge in [-0.05, 0) is 0 Å². The first kappa shape index (κ1) is 42.5. The van der Waals surface area contributed by atoms with Crippen molar-refractivity contribution in [3.8, 4) is 0 Å². The summed E-state index contributed by atoms with van der Waals surface area (Å²) in [6.07, 6.45) is -14.1. The number of ether oxygens (including phenoxy) is 3. The molecule has 2 fully saturated rings. The molecule has 2 aliphatic heterocycles. The number of aliphatic hydroxyl groups is 7. The maximum absolute atomic E-state index is 11.2. The molecule has 24 nitrogen and oxygen atoms in total. The van der Waals surface area contributed by atoms with Gasteiger partial charge in [-0.15, -0.1) is 0 Å². The minimum Gasteiger partial charge on any atom is -0.480 e. The summed E-state index contributed by atoms with van der Waals surface area (Å²) in [5.41, 5.74) is 0. The number of nitrogens with zero attached hydrogens (tertiary/aromatic N) is 2. The molecule has 0 bridgehead atoms. The van der Waals surface area contributed by atoms with Gasteiger partial charge in [-0.25, -0.2) is 4.57 Å². The Labute approximate surface area is 264 Å². The second-order valence-electron chi connectivity index (χ2n) is 10.1. The number of phosphoric acid groups is 1. The number of rotatable bonds is 18. The number of aliphatic carboxylic acids is 4. The van der Waals surface area contributed by atoms with Crippen LogP contribution in [0.2, 0.25) is 0 Å². The normalized spacial score (nSPS) is 31.0. The summed E-state index contributed by atoms with van der Waals surface area (Å²) in [4.78, 5) is 62.4. The maximum Gasteiger partial charge on any atom is 0.470 e. The van der Waals surface area contributed by atoms with Crippen LogP contribution in [0.1, 0.15) is 0 Å². The van der Waals surface area contributed by atoms with Gasteiger partial charge in [0.15, 0.2) is 12.4 Å². The van der Waals surface area contributed by atoms with Crippen LogP contribution in [0.3, 0.4) is 0 Å². The Balaban J connectivity index is 0.000000494. The Morgan fingerprint density at radius 3 is 1.45 bits per heavy atom. The lowest BCUT2D eigenvalue weighted by Gasteiger charge is -2.43. The summed E-state index contributed by atoms with van der Waals surface area (Å²) >= 11 is 0. The van der Waals surface area contributed by atoms with E-state index in [1.807, 2.05) is 0 Å². The lowest BCUT2D eigenvalue weighted by molar-refractivity contribution is -0.382. The van der Waals surface area contributed by atoms with E-state index in [4.69, 9.17) is 44.4 Å². The van der Waals surface area contributed by atoms with Crippen molar-refractivity contribution in [3.05, 3.63) is 0 Å². The highest BCUT2D eigenvalue weighted by molar-refractivity contribution is 7.46. The zero-order valence-electron chi connectivity index (χ0n) is 24.3. The topological polar surface area (TPSA) is 392 Å². The number of carboxylic acid groups (broad SMARTS) is 4. The summed E-state index contributed by atoms with van der Waals surface area (Å²) in [7, 11) is -5.24. The molecule has 0 aliphatic carbocycles. The molecule has 2 aliphatic rings. The van der Waals surface area contributed by atoms with Gasteiger partial charge in [-0.1, -0.05) is 0 Å². The molecule has 2 heterocycles. The van der Waals surface area contributed by atoms with Crippen LogP contribution < -0.4 is 0 Å². The third-order valence-electron chi connectivity index (χ3n) is 6.46. The van der Waals surface area contributed by atoms with Crippen LogP contribution >= 0.6 is 7.82 Å². The molecule has 9 atom stereocenters. The van der Waals surface area contributed by atoms with Crippen molar-refractivity contribution >= 4 is 31.7 Å². The summed E-state index contributed by atoms with van der Waals surface area (Å²) in [6, 6.07) is 0. The minimum absolute atomic E-state index is 0.0703. The third kappa shape index (κ3) is 13.5. The maximum atomic E-state index is 11.2. The number of hydrogen-bond acceptors (Lipinski definition) is 18. The number of hydrogen-bond donors (Lipinski definition) is 13. The molecule has 0 unspecified atom stereocenters. The summed E-state index contributed by atoms with van der Waals surface area (Å²) in [5.74, 6) is -7.44. The van der Waals surface area contributed by atoms with Gasteiger partial charge in [0.05, 0.1) is 39.4 Å². The molecular weight excluding hydrogens is 675 g/mol. The molecule has 2 rings (SSSR count). The van der Waals surface area contributed by atoms with Crippen LogP contribution in [0.5, 0.6) is 0 Å². The fourth-order valence-corrected chi connectivity index (χ4v) is 4.96. The smallest absolute Gasteiger partial charge is 0.470 e. The van der Waals surface area contributed by atoms with Crippen LogP contribution in [0, 0.1) is 0 Å². The first-order chi connectivity index (χ1) is 21.7. The van der Waals surface area contributed by atoms with Gasteiger partial charge in [0.1, 0.15) is 43.2 Å². The summed E-state index contributed by atoms with van der Waals surface area (Å²) in [6.45, 7) is -5.07. The second-order valence-corrected chi connectivity index (χ2v) is 11.3. The van der Waals surface area contributed by atoms with Gasteiger partial charge < -0.3 is 80.2 Å². The van der Waals surface area contributed by atoms with Crippen molar-refractivity contribution in [2.24, 2.45) is 0 Å². The van der Waals surface area contributed by atoms with E-state index >= 15 is 0 Å². The predicted octanol–water partition coefficient (Wildman–Crippen LogP) is -7.35. The van der Waals surface area contributed by atoms with Gasteiger partial charge in [-0.2, -0.15) is 0 Å². The van der Waals surface area contributed by atoms with E-state index in [0.29, 0.717) is 0 Å². The monoisotopic (exact) mass is 714 g/mol. The summed E-state index contributed by atoms with van der Waals surface area (Å²) in [5, 5.41) is 102. The quantitative estimate of drug-likeness (QED) is 0.0586. The molecule has 13 N–H and O–H groups in total. The molecule has 274 valence electrons. The lowest BCUT2D eigenvalue weighted by Crippen LogP contribution is -2.62. The lowest BCUT2D eigenvalue weighted by atomic mass is 9.99. The van der Waals surface area contributed by atoms with E-state index in [9.17, 15) is 59.5 Å². The fraction of sp³-hybridized carbons (Fsp3) is 0.818. The Morgan fingerprint density at radius 2 is 1.11 bits per heavy atom. The number of carbonyl (C=O) groups is 4. The third-order valence-corrected chi connectivity index (χ3v) is 6.96. The molecule has 0 spiro atoms. The SMILES string of the molecule is O=C(O)CN(CCN(CC(=O)O)CC(=O)O)CC(=O)O.O=P(O)(O)O[C@H]1[C@H](O)[C@@H](CO)O[C@@]1(CO)O[C@H]1O[C@H](CO)[C@@H](O)[C@H](O)[C@H]1O. The van der Waals surface area contributed by atoms with Gasteiger partial charge in [0.2, 0.25) is 5.79 Å². The predicted molar refractivity (Wildman–Crippen MR) is 143 cm³/mol. The van der Waals surface area contributed by atoms with Crippen molar-refractivity contribution in [3.63, 3.8) is 0 Å². The standard InChI is InChI=1S/C12H23O14P.C10H16N2O8/c13-1-4-6(16)8(18)9(19)11(23-4)25-12(3-15)10(26-27(20,21)22)7(17)5(2-14)24-12;13-7(14)3-11(4-8(15)16)1-2-12(5-9(17)18)6-10(19)20/h4-11,13-19H,1-3H2,(H2,20,21,22);1-6H2,(H,13,14)(H,15,16)(H,17,18)(H,19,20)/t4-,5-,6-,7-,8+,9-,10+,11-,12+;/m1./s1. The molecule has 2 saturated heterocycles. The van der Waals surface area contributed by atoms with E-state index in [2.05, 4.69) is 4.52 Å². The number of aliphatic hydroxyl groups excluding tert-OH is 7. The van der Waals surface area contributed by atoms with Crippen molar-refractivity contribution in [1.29, 1.82) is 0 Å². The zero-order chi connectivity index (χ0) is 36.3. The van der Waals surface area contributed by atoms with Crippen LogP contribution in [-0.2, 0) is 42.5 Å². The Bertz CT molecular complexity index is 1020. The van der Waals surface area contributed by atoms with E-state index in [1.54, 1.807) is 0 Å². The second kappa shape index (κ2) is 18.9. The largest absolute Gasteiger partial charge is 0.480 e. The fourth-order valence-electron chi connectivity index (χ4n) is 4.38. The van der Waals surface area contributed by atoms with Crippen LogP contribution in [0.25, 0.3) is 0 Å². The molecule has 0 aromatic carbocycles. The van der Waals surface area contributed by atoms with E-state index in [0.717, 1.165) is 9.80 Å². The van der Waals surface area contributed by atoms with Gasteiger partial charge in [0, 0.05) is 13.1 Å². The number of phosphoric ester groups is 1. The Hall–Kier alpha value is -2.49. The summed E-state index contributed by atoms with van der Waals surface area (Å²) < 4.78 is 31.1. The molecule has 0 saturated carbocycles.